The minimum Gasteiger partial charge on any atom is -0.480 e. The van der Waals surface area contributed by atoms with Crippen LogP contribution in [-0.2, 0) is 4.79 Å². The third-order valence-corrected chi connectivity index (χ3v) is 2.21. The van der Waals surface area contributed by atoms with E-state index in [0.717, 1.165) is 6.42 Å². The van der Waals surface area contributed by atoms with Crippen LogP contribution in [0.1, 0.15) is 32.6 Å². The van der Waals surface area contributed by atoms with Gasteiger partial charge in [-0.05, 0) is 19.3 Å². The van der Waals surface area contributed by atoms with Gasteiger partial charge in [0, 0.05) is 6.54 Å². The molecule has 0 aromatic carbocycles. The van der Waals surface area contributed by atoms with E-state index in [9.17, 15) is 4.79 Å². The Labute approximate surface area is 124 Å². The van der Waals surface area contributed by atoms with Crippen molar-refractivity contribution in [3.05, 3.63) is 0 Å². The van der Waals surface area contributed by atoms with Crippen LogP contribution in [0.15, 0.2) is 0 Å². The molecular weight excluding hydrogens is 278 g/mol. The first-order valence-corrected chi connectivity index (χ1v) is 6.55. The van der Waals surface area contributed by atoms with Gasteiger partial charge >= 0.3 is 5.97 Å². The summed E-state index contributed by atoms with van der Waals surface area (Å²) in [5.41, 5.74) is 15.2. The molecule has 0 aromatic heterocycles. The molecule has 0 rings (SSSR count). The van der Waals surface area contributed by atoms with Crippen LogP contribution in [0.5, 0.6) is 0 Å². The molecule has 0 aromatic rings. The lowest BCUT2D eigenvalue weighted by molar-refractivity contribution is -0.138. The first-order chi connectivity index (χ1) is 9.70. The number of aliphatic carboxylic acids is 1. The maximum Gasteiger partial charge on any atom is 0.320 e. The molecule has 10 nitrogen and oxygen atoms in total. The summed E-state index contributed by atoms with van der Waals surface area (Å²) in [6.07, 6.45) is 1.82. The smallest absolute Gasteiger partial charge is 0.320 e. The average Bonchev–Trinajstić information content (AvgIpc) is 2.34. The van der Waals surface area contributed by atoms with Crippen molar-refractivity contribution in [3.8, 4) is 0 Å². The SMILES string of the molecule is CCCC(O)NC(=N)N.N=C(N)NCCCC(N)C(=O)O. The van der Waals surface area contributed by atoms with Gasteiger partial charge in [0.05, 0.1) is 0 Å². The molecule has 0 heterocycles. The Morgan fingerprint density at radius 3 is 2.19 bits per heavy atom. The Morgan fingerprint density at radius 2 is 1.81 bits per heavy atom. The lowest BCUT2D eigenvalue weighted by atomic mass is 10.2. The number of carboxylic acid groups (broad SMARTS) is 1. The predicted molar refractivity (Wildman–Crippen MR) is 80.7 cm³/mol. The van der Waals surface area contributed by atoms with Crippen molar-refractivity contribution in [2.45, 2.75) is 44.9 Å². The molecule has 10 heteroatoms. The standard InChI is InChI=1S/C6H14N4O2.C5H13N3O/c7-4(5(11)12)2-1-3-10-6(8)9;1-2-3-4(9)8-5(6)7/h4H,1-3,7H2,(H,11,12)(H4,8,9,10);4,9H,2-3H2,1H3,(H4,6,7,8). The van der Waals surface area contributed by atoms with E-state index in [1.54, 1.807) is 0 Å². The fourth-order valence-corrected chi connectivity index (χ4v) is 1.19. The van der Waals surface area contributed by atoms with Gasteiger partial charge in [-0.15, -0.1) is 0 Å². The molecule has 12 N–H and O–H groups in total. The second-order valence-electron chi connectivity index (χ2n) is 4.29. The van der Waals surface area contributed by atoms with Gasteiger partial charge in [0.15, 0.2) is 11.9 Å². The molecule has 0 bridgehead atoms. The fraction of sp³-hybridized carbons (Fsp3) is 0.727. The lowest BCUT2D eigenvalue weighted by Crippen LogP contribution is -2.38. The Hall–Kier alpha value is -2.07. The number of hydrogen-bond donors (Lipinski definition) is 9. The summed E-state index contributed by atoms with van der Waals surface area (Å²) in [4.78, 5) is 10.2. The van der Waals surface area contributed by atoms with Gasteiger partial charge in [0.25, 0.3) is 0 Å². The number of aliphatic hydroxyl groups excluding tert-OH is 1. The first kappa shape index (κ1) is 21.2. The fourth-order valence-electron chi connectivity index (χ4n) is 1.19. The summed E-state index contributed by atoms with van der Waals surface area (Å²) in [5.74, 6) is -1.30. The third kappa shape index (κ3) is 17.9. The first-order valence-electron chi connectivity index (χ1n) is 6.55. The van der Waals surface area contributed by atoms with Gasteiger partial charge in [-0.3, -0.25) is 15.6 Å². The molecule has 0 saturated heterocycles. The Morgan fingerprint density at radius 1 is 1.24 bits per heavy atom. The maximum absolute atomic E-state index is 10.2. The molecule has 0 aliphatic carbocycles. The van der Waals surface area contributed by atoms with Crippen molar-refractivity contribution >= 4 is 17.9 Å². The molecule has 0 fully saturated rings. The summed E-state index contributed by atoms with van der Waals surface area (Å²) in [5, 5.41) is 35.7. The van der Waals surface area contributed by atoms with Crippen LogP contribution < -0.4 is 27.8 Å². The van der Waals surface area contributed by atoms with Crippen molar-refractivity contribution in [2.75, 3.05) is 6.54 Å². The third-order valence-electron chi connectivity index (χ3n) is 2.21. The van der Waals surface area contributed by atoms with Crippen LogP contribution in [0, 0.1) is 10.8 Å². The van der Waals surface area contributed by atoms with Crippen molar-refractivity contribution in [3.63, 3.8) is 0 Å². The highest BCUT2D eigenvalue weighted by Gasteiger charge is 2.09. The second kappa shape index (κ2) is 12.9. The summed E-state index contributed by atoms with van der Waals surface area (Å²) in [6, 6.07) is -0.821. The van der Waals surface area contributed by atoms with E-state index in [0.29, 0.717) is 25.8 Å². The number of carboxylic acids is 1. The molecule has 0 saturated carbocycles. The van der Waals surface area contributed by atoms with E-state index in [1.165, 1.54) is 0 Å². The Balaban J connectivity index is 0. The molecule has 0 radical (unpaired) electrons. The van der Waals surface area contributed by atoms with E-state index >= 15 is 0 Å². The van der Waals surface area contributed by atoms with E-state index in [-0.39, 0.29) is 11.9 Å². The van der Waals surface area contributed by atoms with Crippen molar-refractivity contribution in [1.29, 1.82) is 10.8 Å². The molecular formula is C11H27N7O3. The minimum atomic E-state index is -1.00. The summed E-state index contributed by atoms with van der Waals surface area (Å²) in [7, 11) is 0. The molecule has 21 heavy (non-hydrogen) atoms. The van der Waals surface area contributed by atoms with E-state index < -0.39 is 18.2 Å². The number of nitrogens with one attached hydrogen (secondary N) is 4. The lowest BCUT2D eigenvalue weighted by Gasteiger charge is -2.09. The number of hydrogen-bond acceptors (Lipinski definition) is 5. The van der Waals surface area contributed by atoms with Gasteiger partial charge in [-0.1, -0.05) is 13.3 Å². The number of rotatable bonds is 8. The maximum atomic E-state index is 10.2. The predicted octanol–water partition coefficient (Wildman–Crippen LogP) is -1.75. The zero-order valence-corrected chi connectivity index (χ0v) is 12.2. The normalized spacial score (nSPS) is 12.3. The number of aliphatic hydroxyl groups is 1. The molecule has 0 amide bonds. The van der Waals surface area contributed by atoms with E-state index in [4.69, 9.17) is 38.2 Å². The topological polar surface area (TPSA) is 207 Å². The van der Waals surface area contributed by atoms with Gasteiger partial charge in [-0.2, -0.15) is 0 Å². The Kier molecular flexibility index (Phi) is 13.1. The quantitative estimate of drug-likeness (QED) is 0.108. The largest absolute Gasteiger partial charge is 0.480 e. The second-order valence-corrected chi connectivity index (χ2v) is 4.29. The summed E-state index contributed by atoms with van der Waals surface area (Å²) < 4.78 is 0. The van der Waals surface area contributed by atoms with Gasteiger partial charge in [0.1, 0.15) is 12.3 Å². The molecule has 0 spiro atoms. The van der Waals surface area contributed by atoms with Crippen LogP contribution in [0.4, 0.5) is 0 Å². The highest BCUT2D eigenvalue weighted by molar-refractivity contribution is 5.74. The highest BCUT2D eigenvalue weighted by atomic mass is 16.4. The van der Waals surface area contributed by atoms with Crippen molar-refractivity contribution in [2.24, 2.45) is 17.2 Å². The summed E-state index contributed by atoms with van der Waals surface area (Å²) in [6.45, 7) is 2.43. The van der Waals surface area contributed by atoms with E-state index in [1.807, 2.05) is 6.92 Å². The Bertz CT molecular complexity index is 325. The highest BCUT2D eigenvalue weighted by Crippen LogP contribution is 1.92. The number of guanidine groups is 2. The average molecular weight is 305 g/mol. The van der Waals surface area contributed by atoms with Crippen LogP contribution >= 0.6 is 0 Å². The van der Waals surface area contributed by atoms with Crippen LogP contribution in [0.3, 0.4) is 0 Å². The molecule has 124 valence electrons. The van der Waals surface area contributed by atoms with E-state index in [2.05, 4.69) is 10.6 Å². The molecule has 2 atom stereocenters. The minimum absolute atomic E-state index is 0.112. The van der Waals surface area contributed by atoms with Gasteiger partial charge in [-0.25, -0.2) is 0 Å². The molecule has 0 aliphatic heterocycles. The molecule has 2 unspecified atom stereocenters. The monoisotopic (exact) mass is 305 g/mol. The van der Waals surface area contributed by atoms with Gasteiger partial charge in [0.2, 0.25) is 0 Å². The van der Waals surface area contributed by atoms with Crippen molar-refractivity contribution < 1.29 is 15.0 Å². The zero-order chi connectivity index (χ0) is 16.8. The summed E-state index contributed by atoms with van der Waals surface area (Å²) >= 11 is 0. The van der Waals surface area contributed by atoms with Crippen molar-refractivity contribution in [1.82, 2.24) is 10.6 Å². The number of carbonyl (C=O) groups is 1. The molecule has 0 aliphatic rings. The van der Waals surface area contributed by atoms with Crippen LogP contribution in [0.25, 0.3) is 0 Å². The van der Waals surface area contributed by atoms with Gasteiger partial charge < -0.3 is 38.0 Å². The number of nitrogens with two attached hydrogens (primary N) is 3. The van der Waals surface area contributed by atoms with Crippen LogP contribution in [-0.4, -0.2) is 46.9 Å². The van der Waals surface area contributed by atoms with Crippen LogP contribution in [0.2, 0.25) is 0 Å². The zero-order valence-electron chi connectivity index (χ0n) is 12.2.